The van der Waals surface area contributed by atoms with Gasteiger partial charge in [-0.15, -0.1) is 0 Å². The topological polar surface area (TPSA) is 38.8 Å². The predicted molar refractivity (Wildman–Crippen MR) is 157 cm³/mol. The number of hydrogen-bond acceptors (Lipinski definition) is 4. The van der Waals surface area contributed by atoms with E-state index < -0.39 is 0 Å². The number of ether oxygens (including phenoxy) is 2. The van der Waals surface area contributed by atoms with Crippen molar-refractivity contribution in [2.24, 2.45) is 17.8 Å². The minimum atomic E-state index is -0.216. The van der Waals surface area contributed by atoms with E-state index in [4.69, 9.17) is 9.47 Å². The van der Waals surface area contributed by atoms with Crippen LogP contribution >= 0.6 is 0 Å². The summed E-state index contributed by atoms with van der Waals surface area (Å²) in [6.45, 7) is 18.3. The summed E-state index contributed by atoms with van der Waals surface area (Å²) in [5.41, 5.74) is 4.27. The Balaban J connectivity index is 1.86. The summed E-state index contributed by atoms with van der Waals surface area (Å²) in [6, 6.07) is 0. The van der Waals surface area contributed by atoms with E-state index in [0.717, 1.165) is 65.2 Å². The Morgan fingerprint density at radius 3 is 2.03 bits per heavy atom. The number of rotatable bonds is 15. The van der Waals surface area contributed by atoms with Crippen molar-refractivity contribution in [3.05, 3.63) is 22.3 Å². The van der Waals surface area contributed by atoms with Gasteiger partial charge in [-0.05, 0) is 102 Å². The highest BCUT2D eigenvalue weighted by atomic mass is 16.5. The number of likely N-dealkylation sites (N-methyl/N-ethyl adjacent to an activating group) is 1. The van der Waals surface area contributed by atoms with Crippen molar-refractivity contribution in [3.63, 3.8) is 0 Å². The lowest BCUT2D eigenvalue weighted by molar-refractivity contribution is -0.135. The molecule has 1 aromatic rings. The van der Waals surface area contributed by atoms with Crippen molar-refractivity contribution in [3.8, 4) is 11.5 Å². The molecule has 1 heterocycles. The maximum absolute atomic E-state index is 12.4. The van der Waals surface area contributed by atoms with Crippen LogP contribution < -0.4 is 9.47 Å². The summed E-state index contributed by atoms with van der Waals surface area (Å²) < 4.78 is 12.6. The second kappa shape index (κ2) is 14.6. The molecule has 0 N–H and O–H groups in total. The summed E-state index contributed by atoms with van der Waals surface area (Å²) in [7, 11) is 3.76. The molecule has 1 aromatic carbocycles. The van der Waals surface area contributed by atoms with Gasteiger partial charge in [0.1, 0.15) is 17.1 Å². The van der Waals surface area contributed by atoms with Crippen LogP contribution in [0.5, 0.6) is 11.5 Å². The number of fused-ring (bicyclic) bond motifs is 1. The minimum absolute atomic E-state index is 0.121. The van der Waals surface area contributed by atoms with Gasteiger partial charge in [-0.3, -0.25) is 9.69 Å². The predicted octanol–water partition coefficient (Wildman–Crippen LogP) is 8.60. The van der Waals surface area contributed by atoms with E-state index in [0.29, 0.717) is 0 Å². The van der Waals surface area contributed by atoms with E-state index in [1.165, 1.54) is 56.9 Å². The van der Waals surface area contributed by atoms with E-state index >= 15 is 0 Å². The second-order valence-corrected chi connectivity index (χ2v) is 13.1. The monoisotopic (exact) mass is 515 g/mol. The molecule has 212 valence electrons. The molecule has 4 heteroatoms. The first kappa shape index (κ1) is 31.7. The zero-order chi connectivity index (χ0) is 27.8. The van der Waals surface area contributed by atoms with Crippen molar-refractivity contribution < 1.29 is 14.3 Å². The Kier molecular flexibility index (Phi) is 12.5. The Bertz CT molecular complexity index is 875. The lowest BCUT2D eigenvalue weighted by atomic mass is 9.83. The molecule has 0 fully saturated rings. The maximum Gasteiger partial charge on any atom is 0.325 e. The van der Waals surface area contributed by atoms with Crippen LogP contribution in [0.4, 0.5) is 0 Å². The molecule has 0 aromatic heterocycles. The number of esters is 1. The molecule has 0 spiro atoms. The van der Waals surface area contributed by atoms with Crippen LogP contribution in [-0.2, 0) is 11.2 Å². The maximum atomic E-state index is 12.4. The van der Waals surface area contributed by atoms with Crippen LogP contribution in [-0.4, -0.2) is 37.1 Å². The zero-order valence-corrected chi connectivity index (χ0v) is 25.9. The van der Waals surface area contributed by atoms with Crippen LogP contribution in [0.3, 0.4) is 0 Å². The van der Waals surface area contributed by atoms with E-state index in [2.05, 4.69) is 48.5 Å². The summed E-state index contributed by atoms with van der Waals surface area (Å²) in [6.07, 6.45) is 13.8. The van der Waals surface area contributed by atoms with Crippen LogP contribution in [0.1, 0.15) is 121 Å². The van der Waals surface area contributed by atoms with Gasteiger partial charge in [0, 0.05) is 5.56 Å². The molecule has 0 saturated heterocycles. The fraction of sp³-hybridized carbons (Fsp3) is 0.788. The molecule has 0 radical (unpaired) electrons. The van der Waals surface area contributed by atoms with E-state index in [9.17, 15) is 4.79 Å². The Hall–Kier alpha value is -1.55. The van der Waals surface area contributed by atoms with Crippen LogP contribution in [0.25, 0.3) is 0 Å². The molecule has 0 unspecified atom stereocenters. The first-order valence-electron chi connectivity index (χ1n) is 15.0. The van der Waals surface area contributed by atoms with Gasteiger partial charge in [-0.25, -0.2) is 0 Å². The fourth-order valence-corrected chi connectivity index (χ4v) is 5.82. The van der Waals surface area contributed by atoms with Crippen molar-refractivity contribution in [1.29, 1.82) is 0 Å². The zero-order valence-electron chi connectivity index (χ0n) is 25.9. The molecule has 1 aliphatic heterocycles. The molecular formula is C33H57NO3. The molecular weight excluding hydrogens is 458 g/mol. The van der Waals surface area contributed by atoms with E-state index in [-0.39, 0.29) is 18.1 Å². The fourth-order valence-electron chi connectivity index (χ4n) is 5.82. The van der Waals surface area contributed by atoms with E-state index in [1.54, 1.807) is 0 Å². The average Bonchev–Trinajstić information content (AvgIpc) is 2.79. The summed E-state index contributed by atoms with van der Waals surface area (Å²) >= 11 is 0. The highest BCUT2D eigenvalue weighted by Crippen LogP contribution is 2.45. The minimum Gasteiger partial charge on any atom is -0.487 e. The van der Waals surface area contributed by atoms with Crippen molar-refractivity contribution >= 4 is 5.97 Å². The first-order chi connectivity index (χ1) is 17.3. The van der Waals surface area contributed by atoms with Gasteiger partial charge in [0.25, 0.3) is 0 Å². The number of benzene rings is 1. The van der Waals surface area contributed by atoms with Crippen molar-refractivity contribution in [2.75, 3.05) is 20.6 Å². The van der Waals surface area contributed by atoms with Gasteiger partial charge in [0.15, 0.2) is 0 Å². The highest BCUT2D eigenvalue weighted by molar-refractivity contribution is 5.76. The largest absolute Gasteiger partial charge is 0.487 e. The lowest BCUT2D eigenvalue weighted by Gasteiger charge is -2.38. The smallest absolute Gasteiger partial charge is 0.325 e. The van der Waals surface area contributed by atoms with Gasteiger partial charge in [-0.2, -0.15) is 0 Å². The summed E-state index contributed by atoms with van der Waals surface area (Å²) in [5, 5.41) is 0. The molecule has 2 rings (SSSR count). The number of carbonyl (C=O) groups excluding carboxylic acids is 1. The Morgan fingerprint density at radius 2 is 1.46 bits per heavy atom. The van der Waals surface area contributed by atoms with Crippen LogP contribution in [0.2, 0.25) is 0 Å². The molecule has 37 heavy (non-hydrogen) atoms. The molecule has 0 aliphatic carbocycles. The third kappa shape index (κ3) is 9.93. The molecule has 0 amide bonds. The van der Waals surface area contributed by atoms with Crippen LogP contribution in [0.15, 0.2) is 0 Å². The molecule has 1 aliphatic rings. The first-order valence-corrected chi connectivity index (χ1v) is 15.0. The molecule has 3 atom stereocenters. The molecule has 0 saturated carbocycles. The van der Waals surface area contributed by atoms with Gasteiger partial charge < -0.3 is 9.47 Å². The normalized spacial score (nSPS) is 19.0. The number of carbonyl (C=O) groups is 1. The summed E-state index contributed by atoms with van der Waals surface area (Å²) in [5.74, 6) is 4.02. The average molecular weight is 516 g/mol. The van der Waals surface area contributed by atoms with Gasteiger partial charge in [-0.1, -0.05) is 72.6 Å². The Labute approximate surface area is 228 Å². The SMILES string of the molecule is Cc1c(C)c2c(c(C)c1OC(=O)CN(C)C)CC[C@](C)(CCC[C@H](C)CCC[C@H](C)CCCC(C)C)O2. The van der Waals surface area contributed by atoms with Gasteiger partial charge >= 0.3 is 5.97 Å². The quantitative estimate of drug-likeness (QED) is 0.173. The van der Waals surface area contributed by atoms with Gasteiger partial charge in [0.2, 0.25) is 0 Å². The third-order valence-corrected chi connectivity index (χ3v) is 8.50. The lowest BCUT2D eigenvalue weighted by Crippen LogP contribution is -2.37. The standard InChI is InChI=1S/C33H57NO3/c1-23(2)14-11-15-24(3)16-12-17-25(4)18-13-20-33(8)21-19-29-28(7)31(36-30(35)22-34(9)10)26(5)27(6)32(29)37-33/h23-25H,11-22H2,1-10H3/t24-,25-,33+/m1/s1. The number of nitrogens with zero attached hydrogens (tertiary/aromatic N) is 1. The second-order valence-electron chi connectivity index (χ2n) is 13.1. The number of hydrogen-bond donors (Lipinski definition) is 0. The van der Waals surface area contributed by atoms with E-state index in [1.807, 2.05) is 25.9 Å². The third-order valence-electron chi connectivity index (χ3n) is 8.50. The van der Waals surface area contributed by atoms with Crippen molar-refractivity contribution in [2.45, 2.75) is 132 Å². The highest BCUT2D eigenvalue weighted by Gasteiger charge is 2.34. The molecule has 4 nitrogen and oxygen atoms in total. The molecule has 0 bridgehead atoms. The Morgan fingerprint density at radius 1 is 0.892 bits per heavy atom. The van der Waals surface area contributed by atoms with Crippen molar-refractivity contribution in [1.82, 2.24) is 4.90 Å². The summed E-state index contributed by atoms with van der Waals surface area (Å²) in [4.78, 5) is 14.2. The van der Waals surface area contributed by atoms with Crippen LogP contribution in [0, 0.1) is 38.5 Å². The van der Waals surface area contributed by atoms with Gasteiger partial charge in [0.05, 0.1) is 6.54 Å².